The van der Waals surface area contributed by atoms with E-state index >= 15 is 0 Å². The predicted molar refractivity (Wildman–Crippen MR) is 56.4 cm³/mol. The van der Waals surface area contributed by atoms with Gasteiger partial charge in [-0.3, -0.25) is 0 Å². The molecule has 0 saturated carbocycles. The van der Waals surface area contributed by atoms with E-state index < -0.39 is 0 Å². The molecule has 0 radical (unpaired) electrons. The van der Waals surface area contributed by atoms with Crippen LogP contribution in [0.2, 0.25) is 0 Å². The lowest BCUT2D eigenvalue weighted by Crippen LogP contribution is -2.30. The van der Waals surface area contributed by atoms with Gasteiger partial charge in [-0.25, -0.2) is 0 Å². The molecule has 80 valence electrons. The second-order valence-corrected chi connectivity index (χ2v) is 4.20. The van der Waals surface area contributed by atoms with Crippen molar-refractivity contribution < 1.29 is 4.74 Å². The fourth-order valence-electron chi connectivity index (χ4n) is 2.40. The smallest absolute Gasteiger partial charge is 0.149 e. The molecule has 3 heterocycles. The van der Waals surface area contributed by atoms with E-state index in [0.29, 0.717) is 24.1 Å². The Bertz CT molecular complexity index is 353. The summed E-state index contributed by atoms with van der Waals surface area (Å²) < 4.78 is 5.75. The Morgan fingerprint density at radius 2 is 2.27 bits per heavy atom. The van der Waals surface area contributed by atoms with Crippen LogP contribution in [0.3, 0.4) is 0 Å². The number of nitrogens with zero attached hydrogens (tertiary/aromatic N) is 2. The van der Waals surface area contributed by atoms with Crippen LogP contribution in [0.5, 0.6) is 0 Å². The molecular weight excluding hydrogens is 192 g/mol. The van der Waals surface area contributed by atoms with Gasteiger partial charge in [-0.05, 0) is 31.4 Å². The number of fused-ring (bicyclic) bond motifs is 2. The Labute approximate surface area is 88.0 Å². The molecule has 3 atom stereocenters. The summed E-state index contributed by atoms with van der Waals surface area (Å²) in [6, 6.07) is 4.00. The van der Waals surface area contributed by atoms with Crippen molar-refractivity contribution in [2.75, 3.05) is 11.1 Å². The molecule has 2 aliphatic heterocycles. The van der Waals surface area contributed by atoms with Gasteiger partial charge in [-0.15, -0.1) is 10.2 Å². The third kappa shape index (κ3) is 1.63. The van der Waals surface area contributed by atoms with Crippen LogP contribution in [0.1, 0.15) is 19.3 Å². The van der Waals surface area contributed by atoms with Crippen molar-refractivity contribution in [1.82, 2.24) is 10.2 Å². The van der Waals surface area contributed by atoms with Crippen molar-refractivity contribution in [3.63, 3.8) is 0 Å². The van der Waals surface area contributed by atoms with Crippen molar-refractivity contribution in [3.05, 3.63) is 12.1 Å². The number of ether oxygens (including phenoxy) is 1. The molecule has 3 N–H and O–H groups in total. The summed E-state index contributed by atoms with van der Waals surface area (Å²) in [7, 11) is 0. The summed E-state index contributed by atoms with van der Waals surface area (Å²) in [4.78, 5) is 0. The summed E-state index contributed by atoms with van der Waals surface area (Å²) >= 11 is 0. The second-order valence-electron chi connectivity index (χ2n) is 4.20. The van der Waals surface area contributed by atoms with Crippen LogP contribution in [-0.4, -0.2) is 28.4 Å². The van der Waals surface area contributed by atoms with E-state index in [-0.39, 0.29) is 0 Å². The highest BCUT2D eigenvalue weighted by Crippen LogP contribution is 2.35. The zero-order chi connectivity index (χ0) is 10.3. The number of aromatic nitrogens is 2. The topological polar surface area (TPSA) is 73.1 Å². The molecule has 0 aliphatic carbocycles. The molecule has 2 saturated heterocycles. The molecule has 3 rings (SSSR count). The van der Waals surface area contributed by atoms with Crippen LogP contribution in [-0.2, 0) is 4.74 Å². The number of rotatable bonds is 2. The second kappa shape index (κ2) is 3.34. The third-order valence-corrected chi connectivity index (χ3v) is 3.12. The van der Waals surface area contributed by atoms with Crippen molar-refractivity contribution in [1.29, 1.82) is 0 Å². The lowest BCUT2D eigenvalue weighted by atomic mass is 9.95. The number of nitrogens with two attached hydrogens (primary N) is 1. The highest BCUT2D eigenvalue weighted by molar-refractivity contribution is 5.39. The van der Waals surface area contributed by atoms with Gasteiger partial charge in [0.2, 0.25) is 0 Å². The van der Waals surface area contributed by atoms with Gasteiger partial charge in [0.15, 0.2) is 0 Å². The average molecular weight is 206 g/mol. The monoisotopic (exact) mass is 206 g/mol. The molecule has 5 heteroatoms. The molecule has 2 bridgehead atoms. The van der Waals surface area contributed by atoms with Crippen LogP contribution >= 0.6 is 0 Å². The molecule has 1 aromatic rings. The lowest BCUT2D eigenvalue weighted by Gasteiger charge is -2.20. The lowest BCUT2D eigenvalue weighted by molar-refractivity contribution is 0.102. The Balaban J connectivity index is 1.68. The first-order chi connectivity index (χ1) is 7.31. The van der Waals surface area contributed by atoms with E-state index in [9.17, 15) is 0 Å². The summed E-state index contributed by atoms with van der Waals surface area (Å²) in [6.07, 6.45) is 4.25. The Morgan fingerprint density at radius 3 is 2.87 bits per heavy atom. The summed E-state index contributed by atoms with van der Waals surface area (Å²) in [5.41, 5.74) is 5.47. The first kappa shape index (κ1) is 8.91. The molecular formula is C10H14N4O. The van der Waals surface area contributed by atoms with E-state index in [2.05, 4.69) is 15.5 Å². The molecule has 2 fully saturated rings. The maximum Gasteiger partial charge on any atom is 0.149 e. The first-order valence-electron chi connectivity index (χ1n) is 5.32. The van der Waals surface area contributed by atoms with Gasteiger partial charge >= 0.3 is 0 Å². The third-order valence-electron chi connectivity index (χ3n) is 3.12. The van der Waals surface area contributed by atoms with Gasteiger partial charge in [0.05, 0.1) is 18.2 Å². The van der Waals surface area contributed by atoms with Crippen LogP contribution in [0.4, 0.5) is 11.6 Å². The minimum atomic E-state index is 0.356. The van der Waals surface area contributed by atoms with E-state index in [1.807, 2.05) is 6.07 Å². The normalized spacial score (nSPS) is 33.2. The molecule has 15 heavy (non-hydrogen) atoms. The van der Waals surface area contributed by atoms with Crippen molar-refractivity contribution in [2.24, 2.45) is 0 Å². The van der Waals surface area contributed by atoms with E-state index in [1.54, 1.807) is 6.07 Å². The Hall–Kier alpha value is -1.36. The molecule has 0 spiro atoms. The molecule has 0 amide bonds. The molecule has 3 unspecified atom stereocenters. The van der Waals surface area contributed by atoms with Crippen LogP contribution in [0, 0.1) is 0 Å². The zero-order valence-corrected chi connectivity index (χ0v) is 8.39. The minimum Gasteiger partial charge on any atom is -0.382 e. The maximum absolute atomic E-state index is 5.75. The van der Waals surface area contributed by atoms with Gasteiger partial charge in [0.25, 0.3) is 0 Å². The van der Waals surface area contributed by atoms with Gasteiger partial charge in [0, 0.05) is 0 Å². The van der Waals surface area contributed by atoms with Gasteiger partial charge < -0.3 is 15.8 Å². The standard InChI is InChI=1S/C10H14N4O/c11-9-3-4-10(14-13-9)12-7-5-6-1-2-8(7)15-6/h3-4,6-8H,1-2,5H2,(H2,11,13)(H,12,14). The number of hydrogen-bond acceptors (Lipinski definition) is 5. The summed E-state index contributed by atoms with van der Waals surface area (Å²) in [6.45, 7) is 0. The number of nitrogens with one attached hydrogen (secondary N) is 1. The molecule has 0 aromatic carbocycles. The van der Waals surface area contributed by atoms with Crippen LogP contribution in [0.15, 0.2) is 12.1 Å². The van der Waals surface area contributed by atoms with E-state index in [4.69, 9.17) is 10.5 Å². The van der Waals surface area contributed by atoms with Gasteiger partial charge in [-0.1, -0.05) is 0 Å². The highest BCUT2D eigenvalue weighted by atomic mass is 16.5. The van der Waals surface area contributed by atoms with Crippen LogP contribution in [0.25, 0.3) is 0 Å². The minimum absolute atomic E-state index is 0.356. The molecule has 1 aromatic heterocycles. The number of hydrogen-bond donors (Lipinski definition) is 2. The van der Waals surface area contributed by atoms with Crippen LogP contribution < -0.4 is 11.1 Å². The predicted octanol–water partition coefficient (Wildman–Crippen LogP) is 0.791. The fraction of sp³-hybridized carbons (Fsp3) is 0.600. The SMILES string of the molecule is Nc1ccc(NC2CC3CCC2O3)nn1. The average Bonchev–Trinajstić information content (AvgIpc) is 2.83. The van der Waals surface area contributed by atoms with E-state index in [1.165, 1.54) is 6.42 Å². The largest absolute Gasteiger partial charge is 0.382 e. The quantitative estimate of drug-likeness (QED) is 0.748. The number of nitrogen functional groups attached to an aromatic ring is 1. The molecule has 5 nitrogen and oxygen atoms in total. The Morgan fingerprint density at radius 1 is 1.33 bits per heavy atom. The van der Waals surface area contributed by atoms with Crippen molar-refractivity contribution in [2.45, 2.75) is 37.5 Å². The summed E-state index contributed by atoms with van der Waals surface area (Å²) in [5.74, 6) is 1.23. The zero-order valence-electron chi connectivity index (χ0n) is 8.39. The summed E-state index contributed by atoms with van der Waals surface area (Å²) in [5, 5.41) is 11.1. The number of anilines is 2. The molecule has 2 aliphatic rings. The van der Waals surface area contributed by atoms with Gasteiger partial charge in [-0.2, -0.15) is 0 Å². The van der Waals surface area contributed by atoms with Crippen molar-refractivity contribution >= 4 is 11.6 Å². The van der Waals surface area contributed by atoms with Gasteiger partial charge in [0.1, 0.15) is 11.6 Å². The maximum atomic E-state index is 5.75. The Kier molecular flexibility index (Phi) is 1.98. The van der Waals surface area contributed by atoms with Crippen molar-refractivity contribution in [3.8, 4) is 0 Å². The highest BCUT2D eigenvalue weighted by Gasteiger charge is 2.40. The van der Waals surface area contributed by atoms with E-state index in [0.717, 1.165) is 18.7 Å². The first-order valence-corrected chi connectivity index (χ1v) is 5.32. The fourth-order valence-corrected chi connectivity index (χ4v) is 2.40.